The Morgan fingerprint density at radius 2 is 2.24 bits per heavy atom. The van der Waals surface area contributed by atoms with Crippen LogP contribution in [0.15, 0.2) is 24.4 Å². The summed E-state index contributed by atoms with van der Waals surface area (Å²) >= 11 is 0.946. The highest BCUT2D eigenvalue weighted by Gasteiger charge is 2.09. The van der Waals surface area contributed by atoms with Crippen molar-refractivity contribution in [2.45, 2.75) is 6.54 Å². The van der Waals surface area contributed by atoms with E-state index in [0.717, 1.165) is 23.7 Å². The number of nitrogens with zero attached hydrogens (tertiary/aromatic N) is 2. The Kier molecular flexibility index (Phi) is 3.38. The van der Waals surface area contributed by atoms with Gasteiger partial charge in [0.2, 0.25) is 0 Å². The van der Waals surface area contributed by atoms with E-state index in [0.29, 0.717) is 4.88 Å². The lowest BCUT2D eigenvalue weighted by Crippen LogP contribution is -2.22. The van der Waals surface area contributed by atoms with Gasteiger partial charge in [0.05, 0.1) is 6.20 Å². The van der Waals surface area contributed by atoms with Crippen LogP contribution >= 0.6 is 11.5 Å². The Hall–Kier alpha value is -1.89. The average molecular weight is 255 g/mol. The molecule has 4 nitrogen and oxygen atoms in total. The molecular formula is C10H7F2N3OS. The van der Waals surface area contributed by atoms with Crippen LogP contribution in [0.3, 0.4) is 0 Å². The first-order valence-electron chi connectivity index (χ1n) is 4.66. The lowest BCUT2D eigenvalue weighted by molar-refractivity contribution is 0.0954. The van der Waals surface area contributed by atoms with Crippen molar-refractivity contribution in [3.63, 3.8) is 0 Å². The third kappa shape index (κ3) is 2.82. The maximum Gasteiger partial charge on any atom is 0.264 e. The summed E-state index contributed by atoms with van der Waals surface area (Å²) in [5, 5.41) is 6.00. The van der Waals surface area contributed by atoms with Crippen molar-refractivity contribution in [1.29, 1.82) is 0 Å². The summed E-state index contributed by atoms with van der Waals surface area (Å²) in [5.74, 6) is -1.72. The van der Waals surface area contributed by atoms with E-state index in [1.165, 1.54) is 12.3 Å². The van der Waals surface area contributed by atoms with Gasteiger partial charge in [0, 0.05) is 18.2 Å². The number of aromatic nitrogens is 2. The summed E-state index contributed by atoms with van der Waals surface area (Å²) in [6.07, 6.45) is 1.32. The van der Waals surface area contributed by atoms with Crippen LogP contribution in [-0.2, 0) is 6.54 Å². The molecule has 0 saturated heterocycles. The maximum atomic E-state index is 13.2. The molecule has 0 saturated carbocycles. The fraction of sp³-hybridized carbons (Fsp3) is 0.100. The highest BCUT2D eigenvalue weighted by atomic mass is 32.1. The molecule has 0 atom stereocenters. The molecule has 0 spiro atoms. The van der Waals surface area contributed by atoms with Gasteiger partial charge in [-0.05, 0) is 17.6 Å². The van der Waals surface area contributed by atoms with Gasteiger partial charge >= 0.3 is 0 Å². The SMILES string of the molecule is O=C(NCc1ccc(F)cc1F)c1cnns1. The molecule has 0 bridgehead atoms. The van der Waals surface area contributed by atoms with Gasteiger partial charge in [-0.1, -0.05) is 10.6 Å². The summed E-state index contributed by atoms with van der Waals surface area (Å²) in [7, 11) is 0. The van der Waals surface area contributed by atoms with Crippen LogP contribution in [0.1, 0.15) is 15.2 Å². The Morgan fingerprint density at radius 1 is 1.41 bits per heavy atom. The van der Waals surface area contributed by atoms with Gasteiger partial charge < -0.3 is 5.32 Å². The molecule has 2 rings (SSSR count). The van der Waals surface area contributed by atoms with Crippen molar-refractivity contribution < 1.29 is 13.6 Å². The Labute approximate surface area is 99.5 Å². The molecule has 0 radical (unpaired) electrons. The number of carbonyl (C=O) groups excluding carboxylic acids is 1. The standard InChI is InChI=1S/C10H7F2N3OS/c11-7-2-1-6(8(12)3-7)4-13-10(16)9-5-14-15-17-9/h1-3,5H,4H2,(H,13,16). The fourth-order valence-electron chi connectivity index (χ4n) is 1.19. The van der Waals surface area contributed by atoms with E-state index >= 15 is 0 Å². The van der Waals surface area contributed by atoms with Crippen LogP contribution in [0.25, 0.3) is 0 Å². The van der Waals surface area contributed by atoms with Crippen molar-refractivity contribution in [1.82, 2.24) is 14.9 Å². The van der Waals surface area contributed by atoms with Gasteiger partial charge in [0.1, 0.15) is 16.5 Å². The number of nitrogens with one attached hydrogen (secondary N) is 1. The van der Waals surface area contributed by atoms with E-state index in [1.54, 1.807) is 0 Å². The number of carbonyl (C=O) groups is 1. The summed E-state index contributed by atoms with van der Waals surface area (Å²) in [6.45, 7) is -0.0111. The van der Waals surface area contributed by atoms with E-state index < -0.39 is 11.6 Å². The number of rotatable bonds is 3. The number of hydrogen-bond acceptors (Lipinski definition) is 4. The highest BCUT2D eigenvalue weighted by molar-refractivity contribution is 7.07. The first-order valence-corrected chi connectivity index (χ1v) is 5.43. The van der Waals surface area contributed by atoms with E-state index in [2.05, 4.69) is 14.9 Å². The van der Waals surface area contributed by atoms with E-state index in [4.69, 9.17) is 0 Å². The molecule has 0 unspecified atom stereocenters. The minimum Gasteiger partial charge on any atom is -0.347 e. The third-order valence-corrected chi connectivity index (χ3v) is 2.70. The second-order valence-electron chi connectivity index (χ2n) is 3.20. The van der Waals surface area contributed by atoms with Gasteiger partial charge in [0.25, 0.3) is 5.91 Å². The summed E-state index contributed by atoms with van der Waals surface area (Å²) in [5.41, 5.74) is 0.220. The molecule has 1 aromatic carbocycles. The zero-order chi connectivity index (χ0) is 12.3. The quantitative estimate of drug-likeness (QED) is 0.909. The fourth-order valence-corrected chi connectivity index (χ4v) is 1.63. The molecule has 7 heteroatoms. The van der Waals surface area contributed by atoms with Gasteiger partial charge in [-0.2, -0.15) is 0 Å². The lowest BCUT2D eigenvalue weighted by Gasteiger charge is -2.04. The predicted octanol–water partition coefficient (Wildman–Crippen LogP) is 1.75. The minimum absolute atomic E-state index is 0.0111. The molecular weight excluding hydrogens is 248 g/mol. The molecule has 17 heavy (non-hydrogen) atoms. The Morgan fingerprint density at radius 3 is 2.88 bits per heavy atom. The third-order valence-electron chi connectivity index (χ3n) is 2.04. The van der Waals surface area contributed by atoms with Gasteiger partial charge in [-0.3, -0.25) is 4.79 Å². The van der Waals surface area contributed by atoms with Crippen molar-refractivity contribution in [2.24, 2.45) is 0 Å². The van der Waals surface area contributed by atoms with E-state index in [9.17, 15) is 13.6 Å². The van der Waals surface area contributed by atoms with E-state index in [1.807, 2.05) is 0 Å². The minimum atomic E-state index is -0.687. The normalized spacial score (nSPS) is 10.2. The van der Waals surface area contributed by atoms with Crippen LogP contribution in [0, 0.1) is 11.6 Å². The summed E-state index contributed by atoms with van der Waals surface area (Å²) in [6, 6.07) is 3.20. The molecule has 0 aliphatic rings. The zero-order valence-electron chi connectivity index (χ0n) is 8.48. The zero-order valence-corrected chi connectivity index (χ0v) is 9.30. The van der Waals surface area contributed by atoms with Crippen LogP contribution in [0.5, 0.6) is 0 Å². The first-order chi connectivity index (χ1) is 8.16. The van der Waals surface area contributed by atoms with Crippen LogP contribution in [0.2, 0.25) is 0 Å². The van der Waals surface area contributed by atoms with Crippen molar-refractivity contribution in [2.75, 3.05) is 0 Å². The van der Waals surface area contributed by atoms with Crippen LogP contribution in [-0.4, -0.2) is 15.5 Å². The Balaban J connectivity index is 2.01. The lowest BCUT2D eigenvalue weighted by atomic mass is 10.2. The van der Waals surface area contributed by atoms with Crippen LogP contribution in [0.4, 0.5) is 8.78 Å². The predicted molar refractivity (Wildman–Crippen MR) is 57.4 cm³/mol. The number of hydrogen-bond donors (Lipinski definition) is 1. The second-order valence-corrected chi connectivity index (χ2v) is 3.99. The molecule has 2 aromatic rings. The van der Waals surface area contributed by atoms with E-state index in [-0.39, 0.29) is 18.0 Å². The summed E-state index contributed by atoms with van der Waals surface area (Å²) in [4.78, 5) is 11.8. The largest absolute Gasteiger partial charge is 0.347 e. The molecule has 0 fully saturated rings. The maximum absolute atomic E-state index is 13.2. The number of amides is 1. The molecule has 0 aliphatic heterocycles. The van der Waals surface area contributed by atoms with Gasteiger partial charge in [0.15, 0.2) is 0 Å². The molecule has 0 aliphatic carbocycles. The van der Waals surface area contributed by atoms with Gasteiger partial charge in [-0.25, -0.2) is 8.78 Å². The number of benzene rings is 1. The van der Waals surface area contributed by atoms with Crippen molar-refractivity contribution >= 4 is 17.4 Å². The van der Waals surface area contributed by atoms with Crippen molar-refractivity contribution in [3.8, 4) is 0 Å². The molecule has 88 valence electrons. The monoisotopic (exact) mass is 255 g/mol. The first kappa shape index (κ1) is 11.6. The van der Waals surface area contributed by atoms with Crippen LogP contribution < -0.4 is 5.32 Å². The molecule has 1 N–H and O–H groups in total. The van der Waals surface area contributed by atoms with Gasteiger partial charge in [-0.15, -0.1) is 5.10 Å². The molecule has 1 aromatic heterocycles. The topological polar surface area (TPSA) is 54.9 Å². The number of halogens is 2. The average Bonchev–Trinajstić information content (AvgIpc) is 2.81. The smallest absolute Gasteiger partial charge is 0.264 e. The van der Waals surface area contributed by atoms with Crippen molar-refractivity contribution in [3.05, 3.63) is 46.5 Å². The summed E-state index contributed by atoms with van der Waals surface area (Å²) < 4.78 is 29.4. The Bertz CT molecular complexity index is 530. The highest BCUT2D eigenvalue weighted by Crippen LogP contribution is 2.09. The molecule has 1 amide bonds. The second kappa shape index (κ2) is 4.96. The molecule has 1 heterocycles.